The van der Waals surface area contributed by atoms with E-state index in [0.29, 0.717) is 19.6 Å². The van der Waals surface area contributed by atoms with Gasteiger partial charge in [0.05, 0.1) is 17.9 Å². The number of thiazole rings is 1. The Morgan fingerprint density at radius 1 is 1.39 bits per heavy atom. The van der Waals surface area contributed by atoms with Crippen molar-refractivity contribution in [3.8, 4) is 0 Å². The first-order valence-corrected chi connectivity index (χ1v) is 8.57. The molecule has 1 aliphatic rings. The van der Waals surface area contributed by atoms with Crippen LogP contribution in [0.5, 0.6) is 0 Å². The monoisotopic (exact) mass is 346 g/mol. The summed E-state index contributed by atoms with van der Waals surface area (Å²) in [5.41, 5.74) is 2.14. The van der Waals surface area contributed by atoms with Crippen molar-refractivity contribution < 1.29 is 13.2 Å². The Kier molecular flexibility index (Phi) is 4.66. The third-order valence-electron chi connectivity index (χ3n) is 4.24. The quantitative estimate of drug-likeness (QED) is 0.903. The Morgan fingerprint density at radius 2 is 2.17 bits per heavy atom. The van der Waals surface area contributed by atoms with Crippen molar-refractivity contribution in [3.63, 3.8) is 0 Å². The number of hydrogen-bond acceptors (Lipinski definition) is 4. The fraction of sp³-hybridized carbons (Fsp3) is 0.667. The first-order valence-electron chi connectivity index (χ1n) is 7.75. The molecule has 1 fully saturated rings. The van der Waals surface area contributed by atoms with Gasteiger partial charge in [0, 0.05) is 24.2 Å². The van der Waals surface area contributed by atoms with Crippen molar-refractivity contribution in [2.75, 3.05) is 26.2 Å². The summed E-state index contributed by atoms with van der Waals surface area (Å²) in [7, 11) is 0. The van der Waals surface area contributed by atoms with Crippen molar-refractivity contribution in [2.45, 2.75) is 33.0 Å². The van der Waals surface area contributed by atoms with E-state index in [1.165, 1.54) is 9.78 Å². The number of rotatable bonds is 5. The molecule has 3 heterocycles. The van der Waals surface area contributed by atoms with Crippen LogP contribution in [-0.2, 0) is 6.54 Å². The third-order valence-corrected chi connectivity index (χ3v) is 5.14. The largest absolute Gasteiger partial charge is 0.401 e. The van der Waals surface area contributed by atoms with Gasteiger partial charge in [0.2, 0.25) is 0 Å². The van der Waals surface area contributed by atoms with Gasteiger partial charge in [-0.1, -0.05) is 0 Å². The average molecular weight is 346 g/mol. The number of fused-ring (bicyclic) bond motifs is 1. The highest BCUT2D eigenvalue weighted by molar-refractivity contribution is 7.17. The van der Waals surface area contributed by atoms with Crippen LogP contribution in [0.4, 0.5) is 13.2 Å². The number of halogens is 3. The number of nitrogens with one attached hydrogen (secondary N) is 1. The van der Waals surface area contributed by atoms with Gasteiger partial charge >= 0.3 is 6.18 Å². The molecule has 1 saturated heterocycles. The van der Waals surface area contributed by atoms with Crippen molar-refractivity contribution in [3.05, 3.63) is 22.5 Å². The van der Waals surface area contributed by atoms with Gasteiger partial charge in [-0.3, -0.25) is 9.30 Å². The highest BCUT2D eigenvalue weighted by atomic mass is 32.1. The summed E-state index contributed by atoms with van der Waals surface area (Å²) in [4.78, 5) is 8.25. The molecule has 1 atom stereocenters. The van der Waals surface area contributed by atoms with Gasteiger partial charge in [-0.15, -0.1) is 11.3 Å². The predicted molar refractivity (Wildman–Crippen MR) is 84.9 cm³/mol. The van der Waals surface area contributed by atoms with Gasteiger partial charge in [-0.2, -0.15) is 13.2 Å². The van der Waals surface area contributed by atoms with Crippen LogP contribution in [0.1, 0.15) is 22.7 Å². The zero-order chi connectivity index (χ0) is 16.6. The first kappa shape index (κ1) is 16.7. The molecule has 0 radical (unpaired) electrons. The van der Waals surface area contributed by atoms with Crippen LogP contribution in [-0.4, -0.2) is 46.6 Å². The van der Waals surface area contributed by atoms with Crippen molar-refractivity contribution in [2.24, 2.45) is 5.92 Å². The van der Waals surface area contributed by atoms with E-state index in [-0.39, 0.29) is 5.92 Å². The Balaban J connectivity index is 1.51. The molecule has 1 aliphatic heterocycles. The Bertz CT molecular complexity index is 676. The Morgan fingerprint density at radius 3 is 2.91 bits per heavy atom. The van der Waals surface area contributed by atoms with Gasteiger partial charge in [0.1, 0.15) is 0 Å². The molecule has 0 spiro atoms. The molecule has 0 saturated carbocycles. The molecular formula is C15H21F3N4S. The van der Waals surface area contributed by atoms with Gasteiger partial charge in [0.25, 0.3) is 0 Å². The number of nitrogens with zero attached hydrogens (tertiary/aromatic N) is 3. The van der Waals surface area contributed by atoms with Gasteiger partial charge in [0.15, 0.2) is 4.96 Å². The van der Waals surface area contributed by atoms with E-state index in [0.717, 1.165) is 29.3 Å². The van der Waals surface area contributed by atoms with Crippen LogP contribution in [0, 0.1) is 19.8 Å². The highest BCUT2D eigenvalue weighted by Crippen LogP contribution is 2.23. The van der Waals surface area contributed by atoms with E-state index < -0.39 is 12.7 Å². The molecule has 1 N–H and O–H groups in total. The normalized spacial score (nSPS) is 20.0. The molecule has 0 unspecified atom stereocenters. The molecule has 23 heavy (non-hydrogen) atoms. The fourth-order valence-electron chi connectivity index (χ4n) is 3.19. The summed E-state index contributed by atoms with van der Waals surface area (Å²) in [6.45, 7) is 5.74. The molecule has 128 valence electrons. The van der Waals surface area contributed by atoms with Crippen LogP contribution in [0.2, 0.25) is 0 Å². The second-order valence-corrected chi connectivity index (χ2v) is 7.49. The third kappa shape index (κ3) is 4.05. The van der Waals surface area contributed by atoms with Crippen LogP contribution in [0.3, 0.4) is 0 Å². The maximum absolute atomic E-state index is 12.4. The predicted octanol–water partition coefficient (Wildman–Crippen LogP) is 2.99. The standard InChI is InChI=1S/C15H21F3N4S/c1-10-7-22-13(11(2)20-14(22)23-10)6-19-5-12-3-4-21(8-12)9-15(16,17)18/h7,12,19H,3-6,8-9H2,1-2H3/t12-/m0/s1. The van der Waals surface area contributed by atoms with E-state index in [2.05, 4.69) is 27.8 Å². The second kappa shape index (κ2) is 6.41. The molecule has 3 rings (SSSR count). The molecule has 0 bridgehead atoms. The number of hydrogen-bond donors (Lipinski definition) is 1. The average Bonchev–Trinajstić information content (AvgIpc) is 3.05. The van der Waals surface area contributed by atoms with Crippen LogP contribution < -0.4 is 5.32 Å². The number of alkyl halides is 3. The molecular weight excluding hydrogens is 325 g/mol. The fourth-order valence-corrected chi connectivity index (χ4v) is 4.08. The lowest BCUT2D eigenvalue weighted by Gasteiger charge is -2.18. The smallest absolute Gasteiger partial charge is 0.311 e. The van der Waals surface area contributed by atoms with Crippen molar-refractivity contribution in [1.29, 1.82) is 0 Å². The first-order chi connectivity index (χ1) is 10.8. The topological polar surface area (TPSA) is 32.6 Å². The van der Waals surface area contributed by atoms with E-state index in [1.807, 2.05) is 6.92 Å². The molecule has 0 aromatic carbocycles. The van der Waals surface area contributed by atoms with Crippen LogP contribution in [0.15, 0.2) is 6.20 Å². The lowest BCUT2D eigenvalue weighted by Crippen LogP contribution is -2.33. The van der Waals surface area contributed by atoms with Crippen molar-refractivity contribution >= 4 is 16.3 Å². The summed E-state index contributed by atoms with van der Waals surface area (Å²) in [6, 6.07) is 0. The van der Waals surface area contributed by atoms with E-state index >= 15 is 0 Å². The zero-order valence-electron chi connectivity index (χ0n) is 13.3. The number of imidazole rings is 1. The van der Waals surface area contributed by atoms with Gasteiger partial charge in [-0.05, 0) is 39.3 Å². The molecule has 0 amide bonds. The Hall–Kier alpha value is -1.12. The van der Waals surface area contributed by atoms with Crippen molar-refractivity contribution in [1.82, 2.24) is 19.6 Å². The molecule has 4 nitrogen and oxygen atoms in total. The Labute approximate surface area is 137 Å². The lowest BCUT2D eigenvalue weighted by molar-refractivity contribution is -0.143. The minimum absolute atomic E-state index is 0.283. The van der Waals surface area contributed by atoms with E-state index in [1.54, 1.807) is 11.3 Å². The highest BCUT2D eigenvalue weighted by Gasteiger charge is 2.34. The second-order valence-electron chi connectivity index (χ2n) is 6.27. The lowest BCUT2D eigenvalue weighted by atomic mass is 10.1. The summed E-state index contributed by atoms with van der Waals surface area (Å²) >= 11 is 1.66. The van der Waals surface area contributed by atoms with Gasteiger partial charge in [-0.25, -0.2) is 4.98 Å². The maximum Gasteiger partial charge on any atom is 0.401 e. The molecule has 8 heteroatoms. The number of likely N-dealkylation sites (tertiary alicyclic amines) is 1. The zero-order valence-corrected chi connectivity index (χ0v) is 14.1. The van der Waals surface area contributed by atoms with E-state index in [9.17, 15) is 13.2 Å². The molecule has 2 aromatic rings. The maximum atomic E-state index is 12.4. The molecule has 0 aliphatic carbocycles. The molecule has 2 aromatic heterocycles. The van der Waals surface area contributed by atoms with Gasteiger partial charge < -0.3 is 5.32 Å². The summed E-state index contributed by atoms with van der Waals surface area (Å²) in [5.74, 6) is 0.283. The van der Waals surface area contributed by atoms with E-state index in [4.69, 9.17) is 0 Å². The SMILES string of the molecule is Cc1cn2c(CNC[C@@H]3CCN(CC(F)(F)F)C3)c(C)nc2s1. The number of aromatic nitrogens is 2. The minimum Gasteiger partial charge on any atom is -0.311 e. The van der Waals surface area contributed by atoms with Crippen LogP contribution >= 0.6 is 11.3 Å². The summed E-state index contributed by atoms with van der Waals surface area (Å²) < 4.78 is 39.3. The number of aryl methyl sites for hydroxylation is 2. The summed E-state index contributed by atoms with van der Waals surface area (Å²) in [6.07, 6.45) is -1.20. The minimum atomic E-state index is -4.10. The summed E-state index contributed by atoms with van der Waals surface area (Å²) in [5, 5.41) is 3.39. The van der Waals surface area contributed by atoms with Crippen LogP contribution in [0.25, 0.3) is 4.96 Å².